The van der Waals surface area contributed by atoms with Crippen LogP contribution in [0, 0.1) is 0 Å². The summed E-state index contributed by atoms with van der Waals surface area (Å²) >= 11 is 0. The van der Waals surface area contributed by atoms with Crippen molar-refractivity contribution in [3.05, 3.63) is 36.5 Å². The monoisotopic (exact) mass is 861 g/mol. The van der Waals surface area contributed by atoms with E-state index in [4.69, 9.17) is 18.5 Å². The molecule has 0 aromatic heterocycles. The minimum absolute atomic E-state index is 0.0478. The van der Waals surface area contributed by atoms with Gasteiger partial charge in [-0.1, -0.05) is 160 Å². The first kappa shape index (κ1) is 55.1. The van der Waals surface area contributed by atoms with Crippen LogP contribution in [0.15, 0.2) is 36.5 Å². The van der Waals surface area contributed by atoms with E-state index in [0.717, 1.165) is 38.5 Å². The molecule has 0 amide bonds. The number of phosphoric acid groups is 1. The zero-order valence-electron chi connectivity index (χ0n) is 36.3. The summed E-state index contributed by atoms with van der Waals surface area (Å²) in [6, 6.07) is 0. The molecule has 0 heterocycles. The van der Waals surface area contributed by atoms with Crippen molar-refractivity contribution in [1.82, 2.24) is 0 Å². The number of hydrogen-bond donors (Lipinski definition) is 6. The number of carbonyl (C=O) groups is 2. The number of carbonyl (C=O) groups excluding carboxylic acids is 2. The van der Waals surface area contributed by atoms with Crippen LogP contribution in [-0.2, 0) is 32.7 Å². The largest absolute Gasteiger partial charge is 0.472 e. The number of phosphoric ester groups is 1. The molecule has 1 aliphatic rings. The predicted octanol–water partition coefficient (Wildman–Crippen LogP) is 8.61. The molecule has 1 saturated carbocycles. The van der Waals surface area contributed by atoms with Crippen molar-refractivity contribution in [1.29, 1.82) is 0 Å². The van der Waals surface area contributed by atoms with Crippen molar-refractivity contribution in [2.24, 2.45) is 0 Å². The van der Waals surface area contributed by atoms with Gasteiger partial charge in [-0.15, -0.1) is 0 Å². The van der Waals surface area contributed by atoms with Crippen LogP contribution in [0.1, 0.15) is 181 Å². The van der Waals surface area contributed by atoms with Crippen LogP contribution in [0.3, 0.4) is 0 Å². The van der Waals surface area contributed by atoms with E-state index in [9.17, 15) is 44.6 Å². The summed E-state index contributed by atoms with van der Waals surface area (Å²) in [6.07, 6.45) is 27.0. The number of allylic oxidation sites excluding steroid dienone is 5. The first-order chi connectivity index (χ1) is 28.4. The number of ether oxygens (including phenoxy) is 2. The van der Waals surface area contributed by atoms with E-state index in [1.165, 1.54) is 122 Å². The lowest BCUT2D eigenvalue weighted by Crippen LogP contribution is -2.64. The van der Waals surface area contributed by atoms with Gasteiger partial charge in [0.1, 0.15) is 43.2 Å². The molecule has 59 heavy (non-hydrogen) atoms. The Hall–Kier alpha value is -1.93. The number of aliphatic hydroxyl groups excluding tert-OH is 5. The molecule has 344 valence electrons. The number of rotatable bonds is 37. The second-order valence-corrected chi connectivity index (χ2v) is 17.4. The SMILES string of the molecule is CCCCCCCCCCC/C=C/CCCCC(=O)O[C@H](COC(=O)/C=C/C=C/CCCCCCCCCCCCC)COP(=O)(O)OC1C(O)C(O)C(O)[C@@H](O)C1O. The van der Waals surface area contributed by atoms with Gasteiger partial charge in [-0.25, -0.2) is 9.36 Å². The maximum Gasteiger partial charge on any atom is 0.472 e. The Morgan fingerprint density at radius 3 is 1.47 bits per heavy atom. The minimum atomic E-state index is -5.14. The summed E-state index contributed by atoms with van der Waals surface area (Å²) in [7, 11) is -5.14. The second-order valence-electron chi connectivity index (χ2n) is 16.0. The topological polar surface area (TPSA) is 210 Å². The van der Waals surface area contributed by atoms with Crippen molar-refractivity contribution < 1.29 is 63.1 Å². The Labute approximate surface area is 355 Å². The molecule has 6 unspecified atom stereocenters. The van der Waals surface area contributed by atoms with Gasteiger partial charge in [0.2, 0.25) is 0 Å². The van der Waals surface area contributed by atoms with Gasteiger partial charge in [-0.3, -0.25) is 13.8 Å². The van der Waals surface area contributed by atoms with Gasteiger partial charge in [-0.05, 0) is 44.9 Å². The normalized spacial score (nSPS) is 22.6. The number of esters is 2. The van der Waals surface area contributed by atoms with E-state index in [2.05, 4.69) is 26.0 Å². The summed E-state index contributed by atoms with van der Waals surface area (Å²) in [4.78, 5) is 35.5. The van der Waals surface area contributed by atoms with Crippen LogP contribution in [0.2, 0.25) is 0 Å². The lowest BCUT2D eigenvalue weighted by atomic mass is 9.85. The molecule has 0 spiro atoms. The van der Waals surface area contributed by atoms with Gasteiger partial charge >= 0.3 is 19.8 Å². The molecule has 0 saturated heterocycles. The molecule has 1 aliphatic carbocycles. The van der Waals surface area contributed by atoms with Crippen molar-refractivity contribution in [3.63, 3.8) is 0 Å². The lowest BCUT2D eigenvalue weighted by Gasteiger charge is -2.41. The number of hydrogen-bond acceptors (Lipinski definition) is 12. The third kappa shape index (κ3) is 28.3. The second kappa shape index (κ2) is 35.6. The molecule has 1 fully saturated rings. The summed E-state index contributed by atoms with van der Waals surface area (Å²) in [5, 5.41) is 50.1. The highest BCUT2D eigenvalue weighted by atomic mass is 31.2. The highest BCUT2D eigenvalue weighted by Crippen LogP contribution is 2.47. The molecule has 0 radical (unpaired) electrons. The van der Waals surface area contributed by atoms with Crippen molar-refractivity contribution in [3.8, 4) is 0 Å². The first-order valence-electron chi connectivity index (χ1n) is 22.8. The average Bonchev–Trinajstić information content (AvgIpc) is 3.21. The smallest absolute Gasteiger partial charge is 0.458 e. The average molecular weight is 861 g/mol. The van der Waals surface area contributed by atoms with Crippen molar-refractivity contribution in [2.45, 2.75) is 224 Å². The Bertz CT molecular complexity index is 1180. The lowest BCUT2D eigenvalue weighted by molar-refractivity contribution is -0.220. The van der Waals surface area contributed by atoms with Gasteiger partial charge < -0.3 is 39.9 Å². The van der Waals surface area contributed by atoms with Crippen molar-refractivity contribution in [2.75, 3.05) is 13.2 Å². The van der Waals surface area contributed by atoms with Crippen molar-refractivity contribution >= 4 is 19.8 Å². The fraction of sp³-hybridized carbons (Fsp3) is 0.822. The van der Waals surface area contributed by atoms with Crippen LogP contribution in [0.4, 0.5) is 0 Å². The summed E-state index contributed by atoms with van der Waals surface area (Å²) < 4.78 is 33.3. The highest BCUT2D eigenvalue weighted by molar-refractivity contribution is 7.47. The fourth-order valence-corrected chi connectivity index (χ4v) is 7.82. The molecular weight excluding hydrogens is 779 g/mol. The molecular formula is C45H81O13P. The molecule has 0 aliphatic heterocycles. The summed E-state index contributed by atoms with van der Waals surface area (Å²) in [6.45, 7) is 3.17. The van der Waals surface area contributed by atoms with Gasteiger partial charge in [0.05, 0.1) is 6.61 Å². The van der Waals surface area contributed by atoms with E-state index < -0.39 is 75.7 Å². The minimum Gasteiger partial charge on any atom is -0.458 e. The Kier molecular flexibility index (Phi) is 33.3. The standard InChI is InChI=1S/C45H81O13P/c1-3-5-7-9-11-13-15-17-19-21-23-25-27-29-31-33-38(46)55-35-37(36-56-59(53,54)58-45-43(51)41(49)40(48)42(50)44(45)52)57-39(47)34-32-30-28-26-24-22-20-18-16-14-12-10-8-6-4-2/h24,26-27,29,31,33,37,40-45,48-52H,3-23,25,28,30,32,34-36H2,1-2H3,(H,53,54)/b26-24+,29-27+,33-31+/t37-,40?,41-,42?,43?,44?,45?/m1/s1. The number of unbranched alkanes of at least 4 members (excludes halogenated alkanes) is 22. The van der Waals surface area contributed by atoms with Crippen LogP contribution in [-0.4, -0.2) is 98.3 Å². The Balaban J connectivity index is 2.53. The van der Waals surface area contributed by atoms with Crippen LogP contribution < -0.4 is 0 Å². The number of aliphatic hydroxyl groups is 5. The summed E-state index contributed by atoms with van der Waals surface area (Å²) in [5.41, 5.74) is 0. The molecule has 13 nitrogen and oxygen atoms in total. The Morgan fingerprint density at radius 2 is 0.983 bits per heavy atom. The quantitative estimate of drug-likeness (QED) is 0.00864. The molecule has 0 bridgehead atoms. The van der Waals surface area contributed by atoms with Crippen LogP contribution >= 0.6 is 7.82 Å². The van der Waals surface area contributed by atoms with E-state index in [1.54, 1.807) is 12.2 Å². The first-order valence-corrected chi connectivity index (χ1v) is 24.3. The summed E-state index contributed by atoms with van der Waals surface area (Å²) in [5.74, 6) is -1.38. The van der Waals surface area contributed by atoms with E-state index in [-0.39, 0.29) is 6.42 Å². The maximum atomic E-state index is 12.8. The predicted molar refractivity (Wildman–Crippen MR) is 230 cm³/mol. The molecule has 8 atom stereocenters. The third-order valence-corrected chi connectivity index (χ3v) is 11.5. The van der Waals surface area contributed by atoms with Gasteiger partial charge in [0, 0.05) is 12.5 Å². The third-order valence-electron chi connectivity index (χ3n) is 10.6. The zero-order valence-corrected chi connectivity index (χ0v) is 37.2. The fourth-order valence-electron chi connectivity index (χ4n) is 6.84. The molecule has 14 heteroatoms. The van der Waals surface area contributed by atoms with E-state index in [1.807, 2.05) is 6.08 Å². The van der Waals surface area contributed by atoms with E-state index in [0.29, 0.717) is 6.42 Å². The highest BCUT2D eigenvalue weighted by Gasteiger charge is 2.51. The van der Waals surface area contributed by atoms with Gasteiger partial charge in [0.25, 0.3) is 0 Å². The maximum absolute atomic E-state index is 12.8. The molecule has 0 aromatic carbocycles. The Morgan fingerprint density at radius 1 is 0.559 bits per heavy atom. The zero-order chi connectivity index (χ0) is 43.6. The van der Waals surface area contributed by atoms with Crippen LogP contribution in [0.5, 0.6) is 0 Å². The van der Waals surface area contributed by atoms with E-state index >= 15 is 0 Å². The van der Waals surface area contributed by atoms with Gasteiger partial charge in [-0.2, -0.15) is 0 Å². The molecule has 1 rings (SSSR count). The van der Waals surface area contributed by atoms with Gasteiger partial charge in [0.15, 0.2) is 6.10 Å². The van der Waals surface area contributed by atoms with Crippen LogP contribution in [0.25, 0.3) is 0 Å². The molecule has 0 aromatic rings. The molecule has 6 N–H and O–H groups in total.